The number of unbranched alkanes of at least 4 members (excludes halogenated alkanes) is 1. The molecule has 0 radical (unpaired) electrons. The van der Waals surface area contributed by atoms with Gasteiger partial charge in [-0.3, -0.25) is 0 Å². The Kier molecular flexibility index (Phi) is 4.02. The molecule has 0 aromatic rings. The third kappa shape index (κ3) is 2.76. The van der Waals surface area contributed by atoms with Crippen molar-refractivity contribution >= 4 is 0 Å². The highest BCUT2D eigenvalue weighted by molar-refractivity contribution is 4.77. The molecule has 0 saturated carbocycles. The van der Waals surface area contributed by atoms with E-state index >= 15 is 0 Å². The molecule has 1 N–H and O–H groups in total. The average molecular weight is 171 g/mol. The minimum Gasteiger partial charge on any atom is -0.393 e. The summed E-state index contributed by atoms with van der Waals surface area (Å²) in [7, 11) is 0. The van der Waals surface area contributed by atoms with Gasteiger partial charge in [-0.25, -0.2) is 0 Å². The molecular formula is C10H21NO. The number of piperidine rings is 1. The highest BCUT2D eigenvalue weighted by Gasteiger charge is 2.22. The van der Waals surface area contributed by atoms with Crippen molar-refractivity contribution in [1.82, 2.24) is 4.90 Å². The van der Waals surface area contributed by atoms with Crippen LogP contribution in [-0.4, -0.2) is 35.2 Å². The van der Waals surface area contributed by atoms with E-state index in [4.69, 9.17) is 0 Å². The molecule has 1 heterocycles. The second-order valence-electron chi connectivity index (χ2n) is 3.92. The predicted molar refractivity (Wildman–Crippen MR) is 51.2 cm³/mol. The Morgan fingerprint density at radius 3 is 2.83 bits per heavy atom. The molecule has 72 valence electrons. The zero-order chi connectivity index (χ0) is 8.97. The maximum atomic E-state index is 9.40. The van der Waals surface area contributed by atoms with Gasteiger partial charge in [0.1, 0.15) is 0 Å². The predicted octanol–water partition coefficient (Wildman–Crippen LogP) is 1.63. The van der Waals surface area contributed by atoms with Crippen LogP contribution in [0.25, 0.3) is 0 Å². The van der Waals surface area contributed by atoms with Crippen molar-refractivity contribution in [3.63, 3.8) is 0 Å². The van der Waals surface area contributed by atoms with E-state index in [1.54, 1.807) is 0 Å². The fourth-order valence-corrected chi connectivity index (χ4v) is 1.89. The molecule has 2 unspecified atom stereocenters. The summed E-state index contributed by atoms with van der Waals surface area (Å²) < 4.78 is 0. The van der Waals surface area contributed by atoms with Crippen LogP contribution in [0.1, 0.15) is 39.5 Å². The molecule has 2 nitrogen and oxygen atoms in total. The Morgan fingerprint density at radius 1 is 1.50 bits per heavy atom. The molecule has 0 aromatic heterocycles. The van der Waals surface area contributed by atoms with Crippen LogP contribution in [0.15, 0.2) is 0 Å². The number of rotatable bonds is 3. The standard InChI is InChI=1S/C10H21NO/c1-3-4-6-11-7-5-10(12)8-9(11)2/h9-10,12H,3-8H2,1-2H3. The van der Waals surface area contributed by atoms with Crippen molar-refractivity contribution in [1.29, 1.82) is 0 Å². The van der Waals surface area contributed by atoms with Gasteiger partial charge in [0, 0.05) is 12.6 Å². The van der Waals surface area contributed by atoms with Gasteiger partial charge >= 0.3 is 0 Å². The lowest BCUT2D eigenvalue weighted by atomic mass is 10.0. The number of hydrogen-bond acceptors (Lipinski definition) is 2. The first-order chi connectivity index (χ1) is 5.74. The summed E-state index contributed by atoms with van der Waals surface area (Å²) in [5.74, 6) is 0. The largest absolute Gasteiger partial charge is 0.393 e. The van der Waals surface area contributed by atoms with Crippen molar-refractivity contribution in [3.8, 4) is 0 Å². The fourth-order valence-electron chi connectivity index (χ4n) is 1.89. The van der Waals surface area contributed by atoms with Gasteiger partial charge in [0.25, 0.3) is 0 Å². The quantitative estimate of drug-likeness (QED) is 0.697. The minimum atomic E-state index is -0.0436. The summed E-state index contributed by atoms with van der Waals surface area (Å²) in [6.45, 7) is 6.74. The van der Waals surface area contributed by atoms with Crippen LogP contribution in [0.4, 0.5) is 0 Å². The first-order valence-electron chi connectivity index (χ1n) is 5.16. The molecule has 12 heavy (non-hydrogen) atoms. The monoisotopic (exact) mass is 171 g/mol. The summed E-state index contributed by atoms with van der Waals surface area (Å²) in [5, 5.41) is 9.40. The summed E-state index contributed by atoms with van der Waals surface area (Å²) in [6.07, 6.45) is 4.45. The third-order valence-corrected chi connectivity index (χ3v) is 2.78. The van der Waals surface area contributed by atoms with Gasteiger partial charge in [-0.05, 0) is 32.7 Å². The topological polar surface area (TPSA) is 23.5 Å². The van der Waals surface area contributed by atoms with Gasteiger partial charge in [-0.1, -0.05) is 13.3 Å². The van der Waals surface area contributed by atoms with Crippen molar-refractivity contribution < 1.29 is 5.11 Å². The SMILES string of the molecule is CCCCN1CCC(O)CC1C. The first-order valence-corrected chi connectivity index (χ1v) is 5.16. The molecule has 1 fully saturated rings. The molecule has 2 atom stereocenters. The van der Waals surface area contributed by atoms with Gasteiger partial charge < -0.3 is 10.0 Å². The zero-order valence-electron chi connectivity index (χ0n) is 8.29. The Balaban J connectivity index is 2.25. The van der Waals surface area contributed by atoms with Gasteiger partial charge in [0.2, 0.25) is 0 Å². The molecule has 0 aliphatic carbocycles. The van der Waals surface area contributed by atoms with E-state index in [0.717, 1.165) is 19.4 Å². The lowest BCUT2D eigenvalue weighted by Gasteiger charge is -2.35. The van der Waals surface area contributed by atoms with Crippen LogP contribution in [0.2, 0.25) is 0 Å². The molecule has 0 amide bonds. The second kappa shape index (κ2) is 4.83. The molecule has 1 aliphatic heterocycles. The fraction of sp³-hybridized carbons (Fsp3) is 1.00. The number of nitrogens with zero attached hydrogens (tertiary/aromatic N) is 1. The number of hydrogen-bond donors (Lipinski definition) is 1. The lowest BCUT2D eigenvalue weighted by Crippen LogP contribution is -2.42. The molecule has 0 aromatic carbocycles. The maximum absolute atomic E-state index is 9.40. The van der Waals surface area contributed by atoms with Crippen molar-refractivity contribution in [2.45, 2.75) is 51.7 Å². The van der Waals surface area contributed by atoms with Gasteiger partial charge in [-0.15, -0.1) is 0 Å². The van der Waals surface area contributed by atoms with E-state index < -0.39 is 0 Å². The molecule has 1 saturated heterocycles. The molecular weight excluding hydrogens is 150 g/mol. The zero-order valence-corrected chi connectivity index (χ0v) is 8.29. The highest BCUT2D eigenvalue weighted by atomic mass is 16.3. The van der Waals surface area contributed by atoms with E-state index in [0.29, 0.717) is 6.04 Å². The average Bonchev–Trinajstić information content (AvgIpc) is 2.03. The number of likely N-dealkylation sites (tertiary alicyclic amines) is 1. The molecule has 0 bridgehead atoms. The van der Waals surface area contributed by atoms with Gasteiger partial charge in [-0.2, -0.15) is 0 Å². The summed E-state index contributed by atoms with van der Waals surface area (Å²) >= 11 is 0. The van der Waals surface area contributed by atoms with Crippen molar-refractivity contribution in [2.75, 3.05) is 13.1 Å². The van der Waals surface area contributed by atoms with E-state index in [1.165, 1.54) is 19.4 Å². The van der Waals surface area contributed by atoms with Crippen LogP contribution in [0.3, 0.4) is 0 Å². The Morgan fingerprint density at radius 2 is 2.25 bits per heavy atom. The number of aliphatic hydroxyl groups excluding tert-OH is 1. The van der Waals surface area contributed by atoms with Crippen molar-refractivity contribution in [2.24, 2.45) is 0 Å². The molecule has 1 aliphatic rings. The Hall–Kier alpha value is -0.0800. The van der Waals surface area contributed by atoms with Gasteiger partial charge in [0.05, 0.1) is 6.10 Å². The van der Waals surface area contributed by atoms with E-state index in [1.807, 2.05) is 0 Å². The summed E-state index contributed by atoms with van der Waals surface area (Å²) in [4.78, 5) is 2.50. The normalized spacial score (nSPS) is 32.2. The van der Waals surface area contributed by atoms with E-state index in [9.17, 15) is 5.11 Å². The van der Waals surface area contributed by atoms with Crippen LogP contribution < -0.4 is 0 Å². The van der Waals surface area contributed by atoms with E-state index in [-0.39, 0.29) is 6.10 Å². The summed E-state index contributed by atoms with van der Waals surface area (Å²) in [6, 6.07) is 0.584. The lowest BCUT2D eigenvalue weighted by molar-refractivity contribution is 0.0477. The third-order valence-electron chi connectivity index (χ3n) is 2.78. The van der Waals surface area contributed by atoms with Crippen LogP contribution in [-0.2, 0) is 0 Å². The van der Waals surface area contributed by atoms with Crippen LogP contribution in [0, 0.1) is 0 Å². The Bertz CT molecular complexity index is 125. The van der Waals surface area contributed by atoms with Crippen LogP contribution in [0.5, 0.6) is 0 Å². The first kappa shape index (κ1) is 10.0. The van der Waals surface area contributed by atoms with Crippen molar-refractivity contribution in [3.05, 3.63) is 0 Å². The number of aliphatic hydroxyl groups is 1. The Labute approximate surface area is 75.6 Å². The summed E-state index contributed by atoms with van der Waals surface area (Å²) in [5.41, 5.74) is 0. The molecule has 1 rings (SSSR count). The maximum Gasteiger partial charge on any atom is 0.0567 e. The van der Waals surface area contributed by atoms with Gasteiger partial charge in [0.15, 0.2) is 0 Å². The molecule has 2 heteroatoms. The second-order valence-corrected chi connectivity index (χ2v) is 3.92. The smallest absolute Gasteiger partial charge is 0.0567 e. The molecule has 0 spiro atoms. The van der Waals surface area contributed by atoms with E-state index in [2.05, 4.69) is 18.7 Å². The minimum absolute atomic E-state index is 0.0436. The highest BCUT2D eigenvalue weighted by Crippen LogP contribution is 2.17. The van der Waals surface area contributed by atoms with Crippen LogP contribution >= 0.6 is 0 Å².